The zero-order chi connectivity index (χ0) is 28.2. The van der Waals surface area contributed by atoms with Crippen molar-refractivity contribution in [1.82, 2.24) is 26.5 Å². The Hall–Kier alpha value is -4.04. The Balaban J connectivity index is 1.61. The fraction of sp³-hybridized carbons (Fsp3) is 0.100. The number of benzene rings is 3. The summed E-state index contributed by atoms with van der Waals surface area (Å²) in [6.45, 7) is 1.85. The zero-order valence-corrected chi connectivity index (χ0v) is 24.8. The quantitative estimate of drug-likeness (QED) is 0.103. The van der Waals surface area contributed by atoms with Gasteiger partial charge in [-0.3, -0.25) is 15.8 Å². The summed E-state index contributed by atoms with van der Waals surface area (Å²) in [4.78, 5) is 4.21. The van der Waals surface area contributed by atoms with E-state index < -0.39 is 7.26 Å². The molecule has 0 spiro atoms. The van der Waals surface area contributed by atoms with Gasteiger partial charge < -0.3 is 10.6 Å². The van der Waals surface area contributed by atoms with E-state index in [0.29, 0.717) is 27.9 Å². The minimum absolute atomic E-state index is 0.391. The van der Waals surface area contributed by atoms with Gasteiger partial charge in [0.2, 0.25) is 0 Å². The molecule has 4 aromatic rings. The predicted octanol–water partition coefficient (Wildman–Crippen LogP) is 3.67. The molecule has 0 unspecified atom stereocenters. The molecule has 0 saturated carbocycles. The van der Waals surface area contributed by atoms with Crippen molar-refractivity contribution >= 4 is 69.3 Å². The van der Waals surface area contributed by atoms with E-state index in [1.165, 1.54) is 15.9 Å². The first-order valence-corrected chi connectivity index (χ1v) is 15.4. The predicted molar refractivity (Wildman–Crippen MR) is 178 cm³/mol. The average molecular weight is 585 g/mol. The SMILES string of the molecule is CNC(=S)N/N=C(/C(C)=N/NC(=S)NC[P+](c1ccccc1)(c1ccccc1)c1ccccc1)c1cccnc1. The Labute approximate surface area is 246 Å². The van der Waals surface area contributed by atoms with Crippen LogP contribution in [0, 0.1) is 0 Å². The maximum Gasteiger partial charge on any atom is 0.189 e. The molecule has 1 aromatic heterocycles. The molecule has 0 aliphatic heterocycles. The third-order valence-electron chi connectivity index (χ3n) is 6.17. The van der Waals surface area contributed by atoms with Gasteiger partial charge in [-0.1, -0.05) is 54.6 Å². The Morgan fingerprint density at radius 1 is 0.725 bits per heavy atom. The van der Waals surface area contributed by atoms with Crippen molar-refractivity contribution in [3.8, 4) is 0 Å². The van der Waals surface area contributed by atoms with Crippen LogP contribution in [0.25, 0.3) is 0 Å². The topological polar surface area (TPSA) is 85.7 Å². The van der Waals surface area contributed by atoms with Crippen molar-refractivity contribution in [2.75, 3.05) is 13.3 Å². The number of aromatic nitrogens is 1. The van der Waals surface area contributed by atoms with E-state index in [0.717, 1.165) is 5.56 Å². The lowest BCUT2D eigenvalue weighted by Gasteiger charge is -2.28. The molecule has 4 N–H and O–H groups in total. The normalized spacial score (nSPS) is 11.8. The first-order chi connectivity index (χ1) is 19.5. The number of hydrazone groups is 2. The summed E-state index contributed by atoms with van der Waals surface area (Å²) in [6.07, 6.45) is 4.04. The Kier molecular flexibility index (Phi) is 10.4. The van der Waals surface area contributed by atoms with Gasteiger partial charge in [0, 0.05) is 25.0 Å². The van der Waals surface area contributed by atoms with Gasteiger partial charge in [0.25, 0.3) is 0 Å². The van der Waals surface area contributed by atoms with Crippen molar-refractivity contribution in [1.29, 1.82) is 0 Å². The molecule has 202 valence electrons. The third kappa shape index (κ3) is 7.12. The van der Waals surface area contributed by atoms with Crippen molar-refractivity contribution in [3.63, 3.8) is 0 Å². The lowest BCUT2D eigenvalue weighted by Crippen LogP contribution is -2.42. The molecule has 0 amide bonds. The van der Waals surface area contributed by atoms with Crippen LogP contribution in [-0.2, 0) is 0 Å². The molecule has 3 aromatic carbocycles. The van der Waals surface area contributed by atoms with Gasteiger partial charge in [-0.15, -0.1) is 0 Å². The van der Waals surface area contributed by atoms with Crippen LogP contribution < -0.4 is 37.4 Å². The highest BCUT2D eigenvalue weighted by Crippen LogP contribution is 2.54. The van der Waals surface area contributed by atoms with E-state index in [1.54, 1.807) is 19.4 Å². The van der Waals surface area contributed by atoms with Crippen LogP contribution in [0.15, 0.2) is 126 Å². The summed E-state index contributed by atoms with van der Waals surface area (Å²) in [5.74, 6) is 0. The molecule has 0 saturated heterocycles. The summed E-state index contributed by atoms with van der Waals surface area (Å²) in [5, 5.41) is 19.9. The first kappa shape index (κ1) is 29.0. The lowest BCUT2D eigenvalue weighted by molar-refractivity contribution is 0.956. The van der Waals surface area contributed by atoms with Crippen molar-refractivity contribution < 1.29 is 0 Å². The van der Waals surface area contributed by atoms with Crippen LogP contribution in [0.5, 0.6) is 0 Å². The molecule has 4 rings (SSSR count). The summed E-state index contributed by atoms with van der Waals surface area (Å²) < 4.78 is 0. The monoisotopic (exact) mass is 584 g/mol. The second-order valence-corrected chi connectivity index (χ2v) is 13.0. The van der Waals surface area contributed by atoms with Gasteiger partial charge >= 0.3 is 0 Å². The number of hydrogen-bond donors (Lipinski definition) is 4. The van der Waals surface area contributed by atoms with Crippen LogP contribution in [0.2, 0.25) is 0 Å². The molecule has 0 aliphatic carbocycles. The molecule has 10 heteroatoms. The van der Waals surface area contributed by atoms with Gasteiger partial charge in [0.05, 0.1) is 5.71 Å². The maximum absolute atomic E-state index is 5.71. The van der Waals surface area contributed by atoms with Gasteiger partial charge in [0.15, 0.2) is 10.2 Å². The van der Waals surface area contributed by atoms with E-state index >= 15 is 0 Å². The molecule has 0 bridgehead atoms. The number of nitrogens with zero attached hydrogens (tertiary/aromatic N) is 3. The number of nitrogens with one attached hydrogen (secondary N) is 4. The average Bonchev–Trinajstić information content (AvgIpc) is 3.02. The minimum Gasteiger partial charge on any atom is -0.364 e. The standard InChI is InChI=1S/C30H30N7PS2/c1-23(28(35-36-29(39)31-2)24-13-12-20-32-21-24)34-37-30(40)33-22-38(25-14-6-3-7-15-25,26-16-8-4-9-17-26)27-18-10-5-11-19-27/h3-21H,22H2,1-2H3,(H3-,31,33,34,35,36,37,39,40)/p+1. The summed E-state index contributed by atoms with van der Waals surface area (Å²) in [7, 11) is -0.371. The van der Waals surface area contributed by atoms with E-state index in [4.69, 9.17) is 24.4 Å². The molecule has 1 heterocycles. The smallest absolute Gasteiger partial charge is 0.189 e. The van der Waals surface area contributed by atoms with Crippen LogP contribution >= 0.6 is 31.7 Å². The minimum atomic E-state index is -2.10. The first-order valence-electron chi connectivity index (χ1n) is 12.6. The van der Waals surface area contributed by atoms with Crippen LogP contribution in [0.3, 0.4) is 0 Å². The molecular weight excluding hydrogens is 553 g/mol. The third-order valence-corrected chi connectivity index (χ3v) is 10.9. The fourth-order valence-electron chi connectivity index (χ4n) is 4.21. The van der Waals surface area contributed by atoms with E-state index in [9.17, 15) is 0 Å². The largest absolute Gasteiger partial charge is 0.364 e. The Morgan fingerprint density at radius 3 is 1.73 bits per heavy atom. The van der Waals surface area contributed by atoms with Gasteiger partial charge in [-0.2, -0.15) is 10.2 Å². The van der Waals surface area contributed by atoms with E-state index in [-0.39, 0.29) is 0 Å². The molecule has 0 radical (unpaired) electrons. The summed E-state index contributed by atoms with van der Waals surface area (Å²) >= 11 is 10.9. The van der Waals surface area contributed by atoms with E-state index in [1.807, 2.05) is 37.3 Å². The Morgan fingerprint density at radius 2 is 1.25 bits per heavy atom. The fourth-order valence-corrected chi connectivity index (χ4v) is 8.36. The molecule has 7 nitrogen and oxygen atoms in total. The van der Waals surface area contributed by atoms with Gasteiger partial charge in [-0.05, 0) is 79.9 Å². The molecule has 0 aliphatic rings. The van der Waals surface area contributed by atoms with Crippen LogP contribution in [-0.4, -0.2) is 40.0 Å². The molecule has 0 atom stereocenters. The second-order valence-electron chi connectivity index (χ2n) is 8.68. The number of rotatable bonds is 9. The zero-order valence-electron chi connectivity index (χ0n) is 22.3. The highest BCUT2D eigenvalue weighted by Gasteiger charge is 2.45. The lowest BCUT2D eigenvalue weighted by atomic mass is 10.1. The van der Waals surface area contributed by atoms with Crippen molar-refractivity contribution in [3.05, 3.63) is 121 Å². The Bertz CT molecular complexity index is 1370. The molecular formula is C30H31N7PS2+. The highest BCUT2D eigenvalue weighted by atomic mass is 32.1. The molecule has 0 fully saturated rings. The summed E-state index contributed by atoms with van der Waals surface area (Å²) in [5.41, 5.74) is 7.82. The molecule has 40 heavy (non-hydrogen) atoms. The van der Waals surface area contributed by atoms with Crippen LogP contribution in [0.4, 0.5) is 0 Å². The van der Waals surface area contributed by atoms with Crippen LogP contribution in [0.1, 0.15) is 12.5 Å². The summed E-state index contributed by atoms with van der Waals surface area (Å²) in [6, 6.07) is 35.6. The van der Waals surface area contributed by atoms with Crippen molar-refractivity contribution in [2.45, 2.75) is 6.92 Å². The van der Waals surface area contributed by atoms with E-state index in [2.05, 4.69) is 109 Å². The number of hydrogen-bond acceptors (Lipinski definition) is 5. The van der Waals surface area contributed by atoms with Gasteiger partial charge in [-0.25, -0.2) is 0 Å². The number of pyridine rings is 1. The second kappa shape index (κ2) is 14.4. The maximum atomic E-state index is 5.71. The van der Waals surface area contributed by atoms with Crippen molar-refractivity contribution in [2.24, 2.45) is 10.2 Å². The highest BCUT2D eigenvalue weighted by molar-refractivity contribution is 7.95. The number of thiocarbonyl (C=S) groups is 2. The van der Waals surface area contributed by atoms with Gasteiger partial charge in [0.1, 0.15) is 35.2 Å².